The van der Waals surface area contributed by atoms with Gasteiger partial charge in [-0.25, -0.2) is 4.99 Å². The highest BCUT2D eigenvalue weighted by atomic mass is 79.9. The molecule has 0 amide bonds. The van der Waals surface area contributed by atoms with Gasteiger partial charge < -0.3 is 5.73 Å². The van der Waals surface area contributed by atoms with E-state index in [0.29, 0.717) is 5.82 Å². The van der Waals surface area contributed by atoms with Gasteiger partial charge >= 0.3 is 0 Å². The Balaban J connectivity index is 4.27. The van der Waals surface area contributed by atoms with E-state index in [0.717, 1.165) is 4.48 Å². The van der Waals surface area contributed by atoms with Crippen LogP contribution < -0.4 is 5.73 Å². The smallest absolute Gasteiger partial charge is 0.136 e. The van der Waals surface area contributed by atoms with Crippen molar-refractivity contribution in [3.8, 4) is 0 Å². The van der Waals surface area contributed by atoms with Crippen molar-refractivity contribution >= 4 is 22.6 Å². The van der Waals surface area contributed by atoms with Crippen molar-refractivity contribution in [2.45, 2.75) is 6.92 Å². The zero-order chi connectivity index (χ0) is 7.28. The quantitative estimate of drug-likeness (QED) is 0.521. The van der Waals surface area contributed by atoms with Gasteiger partial charge in [0, 0.05) is 0 Å². The topological polar surface area (TPSA) is 38.4 Å². The molecule has 0 bridgehead atoms. The maximum Gasteiger partial charge on any atom is 0.136 e. The monoisotopic (exact) mass is 188 g/mol. The molecular weight excluding hydrogens is 180 g/mol. The van der Waals surface area contributed by atoms with E-state index in [4.69, 9.17) is 5.73 Å². The molecule has 2 nitrogen and oxygen atoms in total. The molecule has 0 aromatic rings. The Hall–Kier alpha value is -0.570. The SMILES string of the molecule is C=N/C(N)=C(Br)\C=C/C. The molecule has 0 aromatic heterocycles. The summed E-state index contributed by atoms with van der Waals surface area (Å²) in [6.45, 7) is 5.17. The van der Waals surface area contributed by atoms with E-state index in [1.54, 1.807) is 0 Å². The van der Waals surface area contributed by atoms with Crippen LogP contribution in [0.5, 0.6) is 0 Å². The third kappa shape index (κ3) is 3.08. The van der Waals surface area contributed by atoms with Crippen LogP contribution in [0.15, 0.2) is 27.4 Å². The van der Waals surface area contributed by atoms with Crippen molar-refractivity contribution in [3.63, 3.8) is 0 Å². The third-order valence-corrected chi connectivity index (χ3v) is 1.40. The van der Waals surface area contributed by atoms with Crippen molar-refractivity contribution < 1.29 is 0 Å². The molecule has 0 aliphatic carbocycles. The molecule has 2 N–H and O–H groups in total. The van der Waals surface area contributed by atoms with E-state index in [9.17, 15) is 0 Å². The van der Waals surface area contributed by atoms with Crippen molar-refractivity contribution in [3.05, 3.63) is 22.5 Å². The number of halogens is 1. The molecule has 0 aliphatic rings. The molecule has 9 heavy (non-hydrogen) atoms. The summed E-state index contributed by atoms with van der Waals surface area (Å²) in [7, 11) is 0. The molecule has 0 heterocycles. The highest BCUT2D eigenvalue weighted by Gasteiger charge is 1.88. The fourth-order valence-corrected chi connectivity index (χ4v) is 0.697. The Kier molecular flexibility index (Phi) is 4.05. The Bertz CT molecular complexity index is 158. The van der Waals surface area contributed by atoms with E-state index in [1.165, 1.54) is 0 Å². The molecule has 0 radical (unpaired) electrons. The maximum atomic E-state index is 5.35. The van der Waals surface area contributed by atoms with Crippen molar-refractivity contribution in [2.24, 2.45) is 10.7 Å². The van der Waals surface area contributed by atoms with Crippen molar-refractivity contribution in [1.82, 2.24) is 0 Å². The summed E-state index contributed by atoms with van der Waals surface area (Å²) in [5.41, 5.74) is 5.35. The van der Waals surface area contributed by atoms with Crippen molar-refractivity contribution in [2.75, 3.05) is 0 Å². The first-order valence-corrected chi connectivity index (χ1v) is 3.26. The lowest BCUT2D eigenvalue weighted by atomic mass is 10.5. The zero-order valence-corrected chi connectivity index (χ0v) is 6.85. The van der Waals surface area contributed by atoms with Crippen LogP contribution in [0.3, 0.4) is 0 Å². The van der Waals surface area contributed by atoms with E-state index in [2.05, 4.69) is 27.6 Å². The van der Waals surface area contributed by atoms with Gasteiger partial charge in [-0.05, 0) is 35.6 Å². The molecule has 3 heteroatoms. The molecule has 0 fully saturated rings. The predicted octanol–water partition coefficient (Wildman–Crippen LogP) is 1.79. The summed E-state index contributed by atoms with van der Waals surface area (Å²) < 4.78 is 0.764. The minimum Gasteiger partial charge on any atom is -0.383 e. The van der Waals surface area contributed by atoms with Gasteiger partial charge in [0.25, 0.3) is 0 Å². The normalized spacial score (nSPS) is 13.6. The first-order valence-electron chi connectivity index (χ1n) is 2.47. The average molecular weight is 189 g/mol. The van der Waals surface area contributed by atoms with Crippen LogP contribution in [0.4, 0.5) is 0 Å². The highest BCUT2D eigenvalue weighted by molar-refractivity contribution is 9.11. The molecule has 50 valence electrons. The molecular formula is C6H9BrN2. The van der Waals surface area contributed by atoms with Gasteiger partial charge in [-0.1, -0.05) is 6.08 Å². The Morgan fingerprint density at radius 1 is 1.78 bits per heavy atom. The molecule has 0 atom stereocenters. The van der Waals surface area contributed by atoms with E-state index >= 15 is 0 Å². The van der Waals surface area contributed by atoms with Gasteiger partial charge in [0.05, 0.1) is 4.48 Å². The zero-order valence-electron chi connectivity index (χ0n) is 5.26. The van der Waals surface area contributed by atoms with E-state index in [1.807, 2.05) is 19.1 Å². The number of allylic oxidation sites excluding steroid dienone is 3. The van der Waals surface area contributed by atoms with Crippen molar-refractivity contribution in [1.29, 1.82) is 0 Å². The van der Waals surface area contributed by atoms with Gasteiger partial charge in [0.2, 0.25) is 0 Å². The third-order valence-electron chi connectivity index (χ3n) is 0.728. The Morgan fingerprint density at radius 2 is 2.33 bits per heavy atom. The average Bonchev–Trinajstić information content (AvgIpc) is 1.87. The van der Waals surface area contributed by atoms with E-state index in [-0.39, 0.29) is 0 Å². The Labute approximate surface area is 63.3 Å². The molecule has 0 aliphatic heterocycles. The Morgan fingerprint density at radius 3 is 2.67 bits per heavy atom. The number of hydrogen-bond donors (Lipinski definition) is 1. The van der Waals surface area contributed by atoms with Crippen LogP contribution >= 0.6 is 15.9 Å². The molecule has 0 spiro atoms. The molecule has 0 saturated carbocycles. The van der Waals surface area contributed by atoms with Gasteiger partial charge in [-0.15, -0.1) is 0 Å². The minimum absolute atomic E-state index is 0.410. The second-order valence-electron chi connectivity index (χ2n) is 1.39. The van der Waals surface area contributed by atoms with E-state index < -0.39 is 0 Å². The van der Waals surface area contributed by atoms with Crippen LogP contribution in [0.25, 0.3) is 0 Å². The molecule has 0 aromatic carbocycles. The fourth-order valence-electron chi connectivity index (χ4n) is 0.307. The second kappa shape index (κ2) is 4.32. The molecule has 0 unspecified atom stereocenters. The number of rotatable bonds is 2. The summed E-state index contributed by atoms with van der Waals surface area (Å²) in [5.74, 6) is 0.410. The highest BCUT2D eigenvalue weighted by Crippen LogP contribution is 2.09. The lowest BCUT2D eigenvalue weighted by Gasteiger charge is -1.91. The summed E-state index contributed by atoms with van der Waals surface area (Å²) in [6.07, 6.45) is 3.67. The molecule has 0 saturated heterocycles. The van der Waals surface area contributed by atoms with Crippen LogP contribution in [0.2, 0.25) is 0 Å². The summed E-state index contributed by atoms with van der Waals surface area (Å²) in [5, 5.41) is 0. The second-order valence-corrected chi connectivity index (χ2v) is 2.25. The lowest BCUT2D eigenvalue weighted by Crippen LogP contribution is -1.93. The summed E-state index contributed by atoms with van der Waals surface area (Å²) in [4.78, 5) is 3.52. The summed E-state index contributed by atoms with van der Waals surface area (Å²) >= 11 is 3.20. The van der Waals surface area contributed by atoms with Gasteiger partial charge in [-0.2, -0.15) is 0 Å². The predicted molar refractivity (Wildman–Crippen MR) is 44.5 cm³/mol. The minimum atomic E-state index is 0.410. The first-order chi connectivity index (χ1) is 4.22. The summed E-state index contributed by atoms with van der Waals surface area (Å²) in [6, 6.07) is 0. The van der Waals surface area contributed by atoms with Crippen LogP contribution in [0, 0.1) is 0 Å². The fraction of sp³-hybridized carbons (Fsp3) is 0.167. The largest absolute Gasteiger partial charge is 0.383 e. The van der Waals surface area contributed by atoms with Crippen LogP contribution in [-0.2, 0) is 0 Å². The van der Waals surface area contributed by atoms with Gasteiger partial charge in [-0.3, -0.25) is 0 Å². The van der Waals surface area contributed by atoms with Gasteiger partial charge in [0.15, 0.2) is 0 Å². The number of aliphatic imine (C=N–C) groups is 1. The first kappa shape index (κ1) is 8.43. The van der Waals surface area contributed by atoms with Crippen LogP contribution in [0.1, 0.15) is 6.92 Å². The lowest BCUT2D eigenvalue weighted by molar-refractivity contribution is 1.25. The number of hydrogen-bond acceptors (Lipinski definition) is 2. The number of nitrogens with zero attached hydrogens (tertiary/aromatic N) is 1. The number of nitrogens with two attached hydrogens (primary N) is 1. The standard InChI is InChI=1S/C6H9BrN2/c1-3-4-5(7)6(8)9-2/h3-4H,2,8H2,1H3/b4-3-,6-5+. The van der Waals surface area contributed by atoms with Gasteiger partial charge in [0.1, 0.15) is 5.82 Å². The maximum absolute atomic E-state index is 5.35. The molecule has 0 rings (SSSR count). The van der Waals surface area contributed by atoms with Crippen LogP contribution in [-0.4, -0.2) is 6.72 Å².